The number of unbranched alkanes of at least 4 members (excludes halogenated alkanes) is 12. The van der Waals surface area contributed by atoms with Gasteiger partial charge in [-0.25, -0.2) is 0 Å². The molecule has 0 radical (unpaired) electrons. The molecule has 0 aromatic rings. The third-order valence-corrected chi connectivity index (χ3v) is 8.15. The molecule has 0 rings (SSSR count). The molecule has 4 heteroatoms. The zero-order valence-corrected chi connectivity index (χ0v) is 27.2. The first-order valence-electron chi connectivity index (χ1n) is 17.1. The van der Waals surface area contributed by atoms with Crippen molar-refractivity contribution in [2.24, 2.45) is 23.7 Å². The van der Waals surface area contributed by atoms with Crippen LogP contribution in [0.4, 0.5) is 0 Å². The highest BCUT2D eigenvalue weighted by atomic mass is 16.5. The SMILES string of the molecule is CCC(CCCCCCCCCCCCCCCC(=O)OCCCC(C)C)C(CC)C(=O)OCCCC(C)C. The molecule has 0 fully saturated rings. The predicted octanol–water partition coefficient (Wildman–Crippen LogP) is 10.8. The maximum Gasteiger partial charge on any atom is 0.309 e. The van der Waals surface area contributed by atoms with E-state index < -0.39 is 0 Å². The standard InChI is InChI=1S/C35H68O4/c1-7-32(33(8-2)35(37)39-29-23-25-31(5)6)26-20-18-16-14-12-10-9-11-13-15-17-19-21-27-34(36)38-28-22-24-30(3)4/h30-33H,7-29H2,1-6H3. The van der Waals surface area contributed by atoms with Gasteiger partial charge in [-0.2, -0.15) is 0 Å². The van der Waals surface area contributed by atoms with Crippen molar-refractivity contribution in [3.63, 3.8) is 0 Å². The molecule has 232 valence electrons. The second kappa shape index (κ2) is 27.1. The van der Waals surface area contributed by atoms with Crippen LogP contribution in [-0.2, 0) is 19.1 Å². The summed E-state index contributed by atoms with van der Waals surface area (Å²) in [7, 11) is 0. The van der Waals surface area contributed by atoms with Crippen LogP contribution in [0.5, 0.6) is 0 Å². The summed E-state index contributed by atoms with van der Waals surface area (Å²) in [4.78, 5) is 24.3. The van der Waals surface area contributed by atoms with Crippen molar-refractivity contribution in [3.8, 4) is 0 Å². The van der Waals surface area contributed by atoms with Crippen LogP contribution in [0, 0.1) is 23.7 Å². The van der Waals surface area contributed by atoms with Gasteiger partial charge < -0.3 is 9.47 Å². The summed E-state index contributed by atoms with van der Waals surface area (Å²) >= 11 is 0. The molecule has 0 N–H and O–H groups in total. The van der Waals surface area contributed by atoms with Crippen molar-refractivity contribution < 1.29 is 19.1 Å². The Labute approximate surface area is 244 Å². The lowest BCUT2D eigenvalue weighted by molar-refractivity contribution is -0.151. The van der Waals surface area contributed by atoms with E-state index in [0.29, 0.717) is 37.4 Å². The molecular weight excluding hydrogens is 484 g/mol. The van der Waals surface area contributed by atoms with E-state index in [1.54, 1.807) is 0 Å². The highest BCUT2D eigenvalue weighted by Crippen LogP contribution is 2.27. The smallest absolute Gasteiger partial charge is 0.309 e. The van der Waals surface area contributed by atoms with Crippen molar-refractivity contribution in [2.75, 3.05) is 13.2 Å². The minimum Gasteiger partial charge on any atom is -0.466 e. The van der Waals surface area contributed by atoms with Crippen LogP contribution in [0.2, 0.25) is 0 Å². The van der Waals surface area contributed by atoms with Gasteiger partial charge in [-0.1, -0.05) is 125 Å². The van der Waals surface area contributed by atoms with E-state index in [1.165, 1.54) is 70.6 Å². The second-order valence-electron chi connectivity index (χ2n) is 12.8. The Morgan fingerprint density at radius 1 is 0.513 bits per heavy atom. The van der Waals surface area contributed by atoms with Gasteiger partial charge >= 0.3 is 11.9 Å². The molecule has 0 bridgehead atoms. The molecule has 0 amide bonds. The molecule has 0 spiro atoms. The summed E-state index contributed by atoms with van der Waals surface area (Å²) in [5.41, 5.74) is 0. The van der Waals surface area contributed by atoms with Crippen LogP contribution in [-0.4, -0.2) is 25.2 Å². The van der Waals surface area contributed by atoms with Crippen LogP contribution < -0.4 is 0 Å². The van der Waals surface area contributed by atoms with Gasteiger partial charge in [-0.3, -0.25) is 9.59 Å². The van der Waals surface area contributed by atoms with Crippen LogP contribution in [0.3, 0.4) is 0 Å². The van der Waals surface area contributed by atoms with Crippen LogP contribution in [0.1, 0.15) is 176 Å². The van der Waals surface area contributed by atoms with E-state index in [2.05, 4.69) is 41.5 Å². The summed E-state index contributed by atoms with van der Waals surface area (Å²) in [6, 6.07) is 0. The molecule has 0 saturated carbocycles. The topological polar surface area (TPSA) is 52.6 Å². The van der Waals surface area contributed by atoms with E-state index in [4.69, 9.17) is 9.47 Å². The number of rotatable bonds is 28. The molecule has 0 aromatic heterocycles. The molecule has 0 aromatic carbocycles. The number of carbonyl (C=O) groups is 2. The maximum absolute atomic E-state index is 12.6. The predicted molar refractivity (Wildman–Crippen MR) is 167 cm³/mol. The van der Waals surface area contributed by atoms with Crippen molar-refractivity contribution in [3.05, 3.63) is 0 Å². The molecule has 0 aliphatic heterocycles. The van der Waals surface area contributed by atoms with E-state index in [9.17, 15) is 9.59 Å². The second-order valence-corrected chi connectivity index (χ2v) is 12.8. The average molecular weight is 553 g/mol. The quantitative estimate of drug-likeness (QED) is 0.0715. The highest BCUT2D eigenvalue weighted by Gasteiger charge is 2.26. The first-order valence-corrected chi connectivity index (χ1v) is 17.1. The Morgan fingerprint density at radius 3 is 1.38 bits per heavy atom. The molecule has 0 aliphatic rings. The Hall–Kier alpha value is -1.06. The van der Waals surface area contributed by atoms with Crippen LogP contribution >= 0.6 is 0 Å². The van der Waals surface area contributed by atoms with Crippen molar-refractivity contribution in [1.29, 1.82) is 0 Å². The molecular formula is C35H68O4. The largest absolute Gasteiger partial charge is 0.466 e. The minimum atomic E-state index is -0.0123. The normalized spacial score (nSPS) is 13.1. The monoisotopic (exact) mass is 553 g/mol. The van der Waals surface area contributed by atoms with Crippen molar-refractivity contribution >= 4 is 11.9 Å². The first kappa shape index (κ1) is 37.9. The fourth-order valence-corrected chi connectivity index (χ4v) is 5.52. The number of esters is 2. The average Bonchev–Trinajstić information content (AvgIpc) is 2.90. The van der Waals surface area contributed by atoms with Crippen LogP contribution in [0.25, 0.3) is 0 Å². The van der Waals surface area contributed by atoms with Gasteiger partial charge in [0.25, 0.3) is 0 Å². The minimum absolute atomic E-state index is 0.0123. The Balaban J connectivity index is 3.59. The molecule has 4 nitrogen and oxygen atoms in total. The van der Waals surface area contributed by atoms with E-state index in [0.717, 1.165) is 57.8 Å². The Kier molecular flexibility index (Phi) is 26.4. The van der Waals surface area contributed by atoms with Gasteiger partial charge in [0, 0.05) is 6.42 Å². The third kappa shape index (κ3) is 24.5. The van der Waals surface area contributed by atoms with Gasteiger partial charge in [0.2, 0.25) is 0 Å². The van der Waals surface area contributed by atoms with Crippen molar-refractivity contribution in [1.82, 2.24) is 0 Å². The van der Waals surface area contributed by atoms with E-state index in [-0.39, 0.29) is 17.9 Å². The van der Waals surface area contributed by atoms with Gasteiger partial charge in [-0.15, -0.1) is 0 Å². The number of ether oxygens (including phenoxy) is 2. The lowest BCUT2D eigenvalue weighted by Gasteiger charge is -2.24. The molecule has 0 aliphatic carbocycles. The fraction of sp³-hybridized carbons (Fsp3) is 0.943. The van der Waals surface area contributed by atoms with Crippen LogP contribution in [0.15, 0.2) is 0 Å². The summed E-state index contributed by atoms with van der Waals surface area (Å²) in [6.45, 7) is 14.4. The molecule has 2 atom stereocenters. The summed E-state index contributed by atoms with van der Waals surface area (Å²) < 4.78 is 10.9. The lowest BCUT2D eigenvalue weighted by atomic mass is 9.84. The van der Waals surface area contributed by atoms with Gasteiger partial charge in [0.15, 0.2) is 0 Å². The number of hydrogen-bond acceptors (Lipinski definition) is 4. The molecule has 2 unspecified atom stereocenters. The summed E-state index contributed by atoms with van der Waals surface area (Å²) in [5.74, 6) is 1.93. The zero-order valence-electron chi connectivity index (χ0n) is 27.2. The number of hydrogen-bond donors (Lipinski definition) is 0. The Morgan fingerprint density at radius 2 is 0.949 bits per heavy atom. The van der Waals surface area contributed by atoms with Gasteiger partial charge in [-0.05, 0) is 62.7 Å². The molecule has 0 heterocycles. The van der Waals surface area contributed by atoms with Gasteiger partial charge in [0.05, 0.1) is 19.1 Å². The third-order valence-electron chi connectivity index (χ3n) is 8.15. The van der Waals surface area contributed by atoms with E-state index in [1.807, 2.05) is 0 Å². The summed E-state index contributed by atoms with van der Waals surface area (Å²) in [6.07, 6.45) is 24.6. The zero-order chi connectivity index (χ0) is 29.1. The maximum atomic E-state index is 12.6. The number of carbonyl (C=O) groups excluding carboxylic acids is 2. The van der Waals surface area contributed by atoms with E-state index >= 15 is 0 Å². The Bertz CT molecular complexity index is 557. The van der Waals surface area contributed by atoms with Crippen molar-refractivity contribution in [2.45, 2.75) is 176 Å². The molecule has 39 heavy (non-hydrogen) atoms. The fourth-order valence-electron chi connectivity index (χ4n) is 5.52. The summed E-state index contributed by atoms with van der Waals surface area (Å²) in [5, 5.41) is 0. The molecule has 0 saturated heterocycles. The first-order chi connectivity index (χ1) is 18.8. The van der Waals surface area contributed by atoms with Gasteiger partial charge in [0.1, 0.15) is 0 Å². The lowest BCUT2D eigenvalue weighted by Crippen LogP contribution is -2.25. The highest BCUT2D eigenvalue weighted by molar-refractivity contribution is 5.72.